The molecule has 0 aromatic carbocycles. The molecule has 0 amide bonds. The van der Waals surface area contributed by atoms with Crippen LogP contribution in [0.3, 0.4) is 0 Å². The topological polar surface area (TPSA) is 78.9 Å². The third-order valence-corrected chi connectivity index (χ3v) is 13.0. The highest BCUT2D eigenvalue weighted by Crippen LogP contribution is 2.18. The molecule has 0 fully saturated rings. The third kappa shape index (κ3) is 51.3. The molecule has 6 heteroatoms. The molecule has 0 saturated carbocycles. The summed E-state index contributed by atoms with van der Waals surface area (Å²) < 4.78 is 16.9. The van der Waals surface area contributed by atoms with Gasteiger partial charge in [0.05, 0.1) is 0 Å². The number of carbonyl (C=O) groups excluding carboxylic acids is 3. The van der Waals surface area contributed by atoms with Gasteiger partial charge < -0.3 is 14.2 Å². The fourth-order valence-electron chi connectivity index (χ4n) is 8.70. The Morgan fingerprint density at radius 1 is 0.302 bits per heavy atom. The summed E-state index contributed by atoms with van der Waals surface area (Å²) in [5, 5.41) is 0. The maximum atomic E-state index is 12.8. The molecule has 0 N–H and O–H groups in total. The Morgan fingerprint density at radius 2 is 0.524 bits per heavy atom. The van der Waals surface area contributed by atoms with E-state index in [0.717, 1.165) is 69.6 Å². The summed E-state index contributed by atoms with van der Waals surface area (Å²) in [6.45, 7) is 11.4. The van der Waals surface area contributed by atoms with Crippen molar-refractivity contribution in [3.8, 4) is 0 Å². The molecular formula is C57H110O6. The first-order valence-corrected chi connectivity index (χ1v) is 28.2. The van der Waals surface area contributed by atoms with Crippen LogP contribution in [-0.4, -0.2) is 37.2 Å². The van der Waals surface area contributed by atoms with Crippen molar-refractivity contribution < 1.29 is 28.6 Å². The molecule has 6 nitrogen and oxygen atoms in total. The van der Waals surface area contributed by atoms with Crippen LogP contribution < -0.4 is 0 Å². The highest BCUT2D eigenvalue weighted by molar-refractivity contribution is 5.71. The number of unbranched alkanes of at least 4 members (excludes halogenated alkanes) is 36. The van der Waals surface area contributed by atoms with Gasteiger partial charge in [0.15, 0.2) is 6.10 Å². The van der Waals surface area contributed by atoms with E-state index in [1.54, 1.807) is 0 Å². The Hall–Kier alpha value is -1.59. The predicted octanol–water partition coefficient (Wildman–Crippen LogP) is 18.5. The van der Waals surface area contributed by atoms with Crippen molar-refractivity contribution in [1.82, 2.24) is 0 Å². The first kappa shape index (κ1) is 61.4. The van der Waals surface area contributed by atoms with Crippen LogP contribution in [0, 0.1) is 11.8 Å². The molecule has 0 aromatic rings. The Labute approximate surface area is 393 Å². The third-order valence-electron chi connectivity index (χ3n) is 13.0. The summed E-state index contributed by atoms with van der Waals surface area (Å²) in [6.07, 6.45) is 52.3. The summed E-state index contributed by atoms with van der Waals surface area (Å²) in [5.74, 6) is 0.814. The molecule has 0 bridgehead atoms. The van der Waals surface area contributed by atoms with E-state index in [1.165, 1.54) is 205 Å². The van der Waals surface area contributed by atoms with Crippen LogP contribution in [-0.2, 0) is 28.6 Å². The summed E-state index contributed by atoms with van der Waals surface area (Å²) in [7, 11) is 0. The summed E-state index contributed by atoms with van der Waals surface area (Å²) in [6, 6.07) is 0. The minimum absolute atomic E-state index is 0.0630. The minimum Gasteiger partial charge on any atom is -0.462 e. The lowest BCUT2D eigenvalue weighted by molar-refractivity contribution is -0.167. The van der Waals surface area contributed by atoms with Gasteiger partial charge in [-0.1, -0.05) is 279 Å². The van der Waals surface area contributed by atoms with Gasteiger partial charge in [-0.2, -0.15) is 0 Å². The number of esters is 3. The smallest absolute Gasteiger partial charge is 0.306 e. The summed E-state index contributed by atoms with van der Waals surface area (Å²) in [5.41, 5.74) is 0. The van der Waals surface area contributed by atoms with E-state index in [1.807, 2.05) is 0 Å². The van der Waals surface area contributed by atoms with Gasteiger partial charge in [0.25, 0.3) is 0 Å². The largest absolute Gasteiger partial charge is 0.462 e. The van der Waals surface area contributed by atoms with Crippen molar-refractivity contribution in [2.24, 2.45) is 11.8 Å². The molecule has 0 rings (SSSR count). The van der Waals surface area contributed by atoms with Crippen molar-refractivity contribution >= 4 is 17.9 Å². The van der Waals surface area contributed by atoms with Crippen LogP contribution in [0.5, 0.6) is 0 Å². The van der Waals surface area contributed by atoms with Gasteiger partial charge in [-0.25, -0.2) is 0 Å². The average Bonchev–Trinajstić information content (AvgIpc) is 3.25. The zero-order valence-corrected chi connectivity index (χ0v) is 43.2. The highest BCUT2D eigenvalue weighted by Gasteiger charge is 2.19. The lowest BCUT2D eigenvalue weighted by Gasteiger charge is -2.18. The quantitative estimate of drug-likeness (QED) is 0.0344. The highest BCUT2D eigenvalue weighted by atomic mass is 16.6. The summed E-state index contributed by atoms with van der Waals surface area (Å²) in [4.78, 5) is 38.1. The van der Waals surface area contributed by atoms with E-state index in [0.29, 0.717) is 19.3 Å². The van der Waals surface area contributed by atoms with Gasteiger partial charge in [0.2, 0.25) is 0 Å². The zero-order valence-electron chi connectivity index (χ0n) is 43.2. The monoisotopic (exact) mass is 891 g/mol. The zero-order chi connectivity index (χ0) is 46.1. The SMILES string of the molecule is CCCCCCCCCCCCCCCCCCC(=O)OC[C@@H](COC(=O)CCCCCCCCCCCCCCCC(C)C)OC(=O)CCCCCCCCCCCCC(C)C. The second-order valence-corrected chi connectivity index (χ2v) is 20.5. The number of ether oxygens (including phenoxy) is 3. The van der Waals surface area contributed by atoms with Crippen LogP contribution in [0.2, 0.25) is 0 Å². The second kappa shape index (κ2) is 49.8. The fraction of sp³-hybridized carbons (Fsp3) is 0.947. The Bertz CT molecular complexity index is 962. The van der Waals surface area contributed by atoms with Crippen LogP contribution in [0.1, 0.15) is 317 Å². The van der Waals surface area contributed by atoms with E-state index in [9.17, 15) is 14.4 Å². The van der Waals surface area contributed by atoms with Crippen LogP contribution >= 0.6 is 0 Å². The van der Waals surface area contributed by atoms with E-state index < -0.39 is 6.10 Å². The van der Waals surface area contributed by atoms with Gasteiger partial charge in [0.1, 0.15) is 13.2 Å². The Kier molecular flexibility index (Phi) is 48.6. The maximum absolute atomic E-state index is 12.8. The number of hydrogen-bond acceptors (Lipinski definition) is 6. The average molecular weight is 892 g/mol. The van der Waals surface area contributed by atoms with Crippen LogP contribution in [0.25, 0.3) is 0 Å². The lowest BCUT2D eigenvalue weighted by Crippen LogP contribution is -2.30. The molecule has 0 aromatic heterocycles. The molecule has 0 aliphatic rings. The van der Waals surface area contributed by atoms with Crippen LogP contribution in [0.4, 0.5) is 0 Å². The van der Waals surface area contributed by atoms with Crippen molar-refractivity contribution in [1.29, 1.82) is 0 Å². The molecule has 0 spiro atoms. The number of carbonyl (C=O) groups is 3. The molecule has 63 heavy (non-hydrogen) atoms. The van der Waals surface area contributed by atoms with E-state index >= 15 is 0 Å². The fourth-order valence-corrected chi connectivity index (χ4v) is 8.70. The molecular weight excluding hydrogens is 781 g/mol. The van der Waals surface area contributed by atoms with E-state index in [4.69, 9.17) is 14.2 Å². The van der Waals surface area contributed by atoms with Crippen molar-refractivity contribution in [3.05, 3.63) is 0 Å². The first-order chi connectivity index (χ1) is 30.7. The molecule has 0 heterocycles. The molecule has 0 radical (unpaired) electrons. The minimum atomic E-state index is -0.762. The van der Waals surface area contributed by atoms with Gasteiger partial charge >= 0.3 is 17.9 Å². The lowest BCUT2D eigenvalue weighted by atomic mass is 10.0. The standard InChI is InChI=1S/C57H110O6/c1-6-7-8-9-10-11-12-13-14-15-18-21-27-32-37-42-47-55(58)61-50-54(63-57(60)49-44-39-34-29-24-23-26-31-36-41-46-53(4)5)51-62-56(59)48-43-38-33-28-22-19-16-17-20-25-30-35-40-45-52(2)3/h52-54H,6-51H2,1-5H3/t54-/m0/s1. The van der Waals surface area contributed by atoms with Gasteiger partial charge in [-0.3, -0.25) is 14.4 Å². The van der Waals surface area contributed by atoms with Crippen molar-refractivity contribution in [2.75, 3.05) is 13.2 Å². The van der Waals surface area contributed by atoms with E-state index in [2.05, 4.69) is 34.6 Å². The molecule has 0 aliphatic carbocycles. The normalized spacial score (nSPS) is 12.0. The molecule has 1 atom stereocenters. The number of hydrogen-bond donors (Lipinski definition) is 0. The molecule has 0 saturated heterocycles. The van der Waals surface area contributed by atoms with Crippen molar-refractivity contribution in [3.63, 3.8) is 0 Å². The predicted molar refractivity (Wildman–Crippen MR) is 270 cm³/mol. The first-order valence-electron chi connectivity index (χ1n) is 28.2. The van der Waals surface area contributed by atoms with Crippen LogP contribution in [0.15, 0.2) is 0 Å². The van der Waals surface area contributed by atoms with Gasteiger partial charge in [-0.15, -0.1) is 0 Å². The summed E-state index contributed by atoms with van der Waals surface area (Å²) >= 11 is 0. The Morgan fingerprint density at radius 3 is 0.778 bits per heavy atom. The maximum Gasteiger partial charge on any atom is 0.306 e. The Balaban J connectivity index is 4.29. The van der Waals surface area contributed by atoms with Crippen molar-refractivity contribution in [2.45, 2.75) is 323 Å². The molecule has 0 aliphatic heterocycles. The van der Waals surface area contributed by atoms with E-state index in [-0.39, 0.29) is 31.1 Å². The number of rotatable bonds is 51. The van der Waals surface area contributed by atoms with Gasteiger partial charge in [0, 0.05) is 19.3 Å². The molecule has 374 valence electrons. The molecule has 0 unspecified atom stereocenters. The van der Waals surface area contributed by atoms with Gasteiger partial charge in [-0.05, 0) is 31.1 Å². The second-order valence-electron chi connectivity index (χ2n) is 20.5.